The molecule has 0 saturated carbocycles. The third-order valence-electron chi connectivity index (χ3n) is 3.54. The van der Waals surface area contributed by atoms with Crippen LogP contribution in [0, 0.1) is 0 Å². The topological polar surface area (TPSA) is 51.2 Å². The molecule has 0 aliphatic carbocycles. The lowest BCUT2D eigenvalue weighted by atomic mass is 10.1. The van der Waals surface area contributed by atoms with Crippen molar-refractivity contribution >= 4 is 0 Å². The molecular formula is C19H33NO4. The van der Waals surface area contributed by atoms with Gasteiger partial charge in [0.15, 0.2) is 0 Å². The number of hydrogen-bond donors (Lipinski definition) is 1. The molecule has 0 bridgehead atoms. The lowest BCUT2D eigenvalue weighted by Crippen LogP contribution is -2.37. The average Bonchev–Trinajstić information content (AvgIpc) is 2.52. The number of ether oxygens (including phenoxy) is 3. The van der Waals surface area contributed by atoms with Crippen LogP contribution in [0.15, 0.2) is 24.3 Å². The SMILES string of the molecule is COCCCN(Cc1cccc(OC)c1)CC(O)COC(C)(C)C. The molecule has 0 amide bonds. The fourth-order valence-corrected chi connectivity index (χ4v) is 2.39. The molecule has 5 nitrogen and oxygen atoms in total. The van der Waals surface area contributed by atoms with E-state index in [4.69, 9.17) is 14.2 Å². The van der Waals surface area contributed by atoms with Gasteiger partial charge in [-0.15, -0.1) is 0 Å². The molecule has 0 spiro atoms. The van der Waals surface area contributed by atoms with Crippen molar-refractivity contribution in [1.29, 1.82) is 0 Å². The van der Waals surface area contributed by atoms with Crippen LogP contribution in [0.3, 0.4) is 0 Å². The van der Waals surface area contributed by atoms with Gasteiger partial charge < -0.3 is 19.3 Å². The van der Waals surface area contributed by atoms with E-state index in [-0.39, 0.29) is 5.60 Å². The number of aliphatic hydroxyl groups is 1. The van der Waals surface area contributed by atoms with Crippen LogP contribution < -0.4 is 4.74 Å². The Morgan fingerprint density at radius 3 is 2.58 bits per heavy atom. The van der Waals surface area contributed by atoms with Crippen LogP contribution in [0.25, 0.3) is 0 Å². The van der Waals surface area contributed by atoms with E-state index in [1.807, 2.05) is 39.0 Å². The summed E-state index contributed by atoms with van der Waals surface area (Å²) in [5, 5.41) is 10.3. The van der Waals surface area contributed by atoms with Crippen LogP contribution in [0.4, 0.5) is 0 Å². The maximum absolute atomic E-state index is 10.3. The van der Waals surface area contributed by atoms with Crippen LogP contribution in [-0.2, 0) is 16.0 Å². The van der Waals surface area contributed by atoms with Crippen LogP contribution in [0.1, 0.15) is 32.8 Å². The highest BCUT2D eigenvalue weighted by atomic mass is 16.5. The summed E-state index contributed by atoms with van der Waals surface area (Å²) < 4.78 is 16.1. The maximum Gasteiger partial charge on any atom is 0.119 e. The first-order valence-electron chi connectivity index (χ1n) is 8.50. The zero-order chi connectivity index (χ0) is 18.0. The largest absolute Gasteiger partial charge is 0.497 e. The van der Waals surface area contributed by atoms with Crippen LogP contribution in [-0.4, -0.2) is 62.2 Å². The van der Waals surface area contributed by atoms with Crippen molar-refractivity contribution < 1.29 is 19.3 Å². The fourth-order valence-electron chi connectivity index (χ4n) is 2.39. The molecule has 0 aliphatic rings. The van der Waals surface area contributed by atoms with Crippen molar-refractivity contribution in [2.45, 2.75) is 45.4 Å². The second-order valence-electron chi connectivity index (χ2n) is 7.01. The van der Waals surface area contributed by atoms with Crippen molar-refractivity contribution in [3.8, 4) is 5.75 Å². The van der Waals surface area contributed by atoms with Gasteiger partial charge in [0.1, 0.15) is 5.75 Å². The van der Waals surface area contributed by atoms with Gasteiger partial charge in [0, 0.05) is 33.4 Å². The predicted octanol–water partition coefficient (Wildman–Crippen LogP) is 2.71. The second kappa shape index (κ2) is 10.7. The molecule has 1 rings (SSSR count). The number of hydrogen-bond acceptors (Lipinski definition) is 5. The van der Waals surface area contributed by atoms with Gasteiger partial charge >= 0.3 is 0 Å². The minimum Gasteiger partial charge on any atom is -0.497 e. The molecule has 1 aromatic rings. The van der Waals surface area contributed by atoms with Crippen LogP contribution in [0.5, 0.6) is 5.75 Å². The number of rotatable bonds is 11. The zero-order valence-electron chi connectivity index (χ0n) is 15.7. The molecule has 0 aliphatic heterocycles. The molecule has 0 heterocycles. The predicted molar refractivity (Wildman–Crippen MR) is 96.5 cm³/mol. The summed E-state index contributed by atoms with van der Waals surface area (Å²) >= 11 is 0. The van der Waals surface area contributed by atoms with Gasteiger partial charge in [-0.2, -0.15) is 0 Å². The highest BCUT2D eigenvalue weighted by Gasteiger charge is 2.17. The molecule has 138 valence electrons. The Morgan fingerprint density at radius 2 is 1.96 bits per heavy atom. The van der Waals surface area contributed by atoms with E-state index in [1.54, 1.807) is 14.2 Å². The maximum atomic E-state index is 10.3. The van der Waals surface area contributed by atoms with E-state index in [0.717, 1.165) is 30.8 Å². The quantitative estimate of drug-likeness (QED) is 0.628. The van der Waals surface area contributed by atoms with Gasteiger partial charge in [-0.1, -0.05) is 12.1 Å². The summed E-state index contributed by atoms with van der Waals surface area (Å²) in [5.41, 5.74) is 0.921. The van der Waals surface area contributed by atoms with Crippen molar-refractivity contribution in [2.75, 3.05) is 40.5 Å². The smallest absolute Gasteiger partial charge is 0.119 e. The number of nitrogens with zero attached hydrogens (tertiary/aromatic N) is 1. The van der Waals surface area contributed by atoms with Gasteiger partial charge in [-0.3, -0.25) is 4.90 Å². The summed E-state index contributed by atoms with van der Waals surface area (Å²) in [6.07, 6.45) is 0.408. The van der Waals surface area contributed by atoms with Gasteiger partial charge in [0.25, 0.3) is 0 Å². The first-order chi connectivity index (χ1) is 11.3. The van der Waals surface area contributed by atoms with Gasteiger partial charge in [-0.05, 0) is 44.9 Å². The molecule has 5 heteroatoms. The Balaban J connectivity index is 2.61. The van der Waals surface area contributed by atoms with Crippen molar-refractivity contribution in [3.63, 3.8) is 0 Å². The van der Waals surface area contributed by atoms with Gasteiger partial charge in [-0.25, -0.2) is 0 Å². The third kappa shape index (κ3) is 9.23. The summed E-state index contributed by atoms with van der Waals surface area (Å²) in [5.74, 6) is 0.848. The van der Waals surface area contributed by atoms with E-state index in [0.29, 0.717) is 19.8 Å². The standard InChI is InChI=1S/C19H33NO4/c1-19(2,3)24-15-17(21)14-20(10-7-11-22-4)13-16-8-6-9-18(12-16)23-5/h6,8-9,12,17,21H,7,10-11,13-15H2,1-5H3. The molecule has 1 aromatic carbocycles. The Labute approximate surface area is 146 Å². The minimum absolute atomic E-state index is 0.241. The fraction of sp³-hybridized carbons (Fsp3) is 0.684. The number of benzene rings is 1. The first kappa shape index (κ1) is 20.9. The lowest BCUT2D eigenvalue weighted by molar-refractivity contribution is -0.0569. The third-order valence-corrected chi connectivity index (χ3v) is 3.54. The van der Waals surface area contributed by atoms with Crippen molar-refractivity contribution in [1.82, 2.24) is 4.90 Å². The number of methoxy groups -OCH3 is 2. The van der Waals surface area contributed by atoms with Crippen LogP contribution in [0.2, 0.25) is 0 Å². The molecule has 24 heavy (non-hydrogen) atoms. The Bertz CT molecular complexity index is 459. The van der Waals surface area contributed by atoms with Crippen molar-refractivity contribution in [2.24, 2.45) is 0 Å². The van der Waals surface area contributed by atoms with Crippen molar-refractivity contribution in [3.05, 3.63) is 29.8 Å². The lowest BCUT2D eigenvalue weighted by Gasteiger charge is -2.27. The highest BCUT2D eigenvalue weighted by molar-refractivity contribution is 5.28. The molecule has 0 saturated heterocycles. The Hall–Kier alpha value is -1.14. The van der Waals surface area contributed by atoms with E-state index in [9.17, 15) is 5.11 Å². The minimum atomic E-state index is -0.516. The summed E-state index contributed by atoms with van der Waals surface area (Å²) in [6.45, 7) is 9.21. The van der Waals surface area contributed by atoms with E-state index < -0.39 is 6.10 Å². The molecule has 0 radical (unpaired) electrons. The Morgan fingerprint density at radius 1 is 1.21 bits per heavy atom. The molecule has 0 aromatic heterocycles. The monoisotopic (exact) mass is 339 g/mol. The number of aliphatic hydroxyl groups excluding tert-OH is 1. The zero-order valence-corrected chi connectivity index (χ0v) is 15.7. The molecule has 0 fully saturated rings. The summed E-state index contributed by atoms with van der Waals surface area (Å²) in [7, 11) is 3.38. The normalized spacial score (nSPS) is 13.3. The first-order valence-corrected chi connectivity index (χ1v) is 8.50. The molecule has 1 unspecified atom stereocenters. The van der Waals surface area contributed by atoms with E-state index in [2.05, 4.69) is 11.0 Å². The van der Waals surface area contributed by atoms with E-state index >= 15 is 0 Å². The molecule has 1 N–H and O–H groups in total. The van der Waals surface area contributed by atoms with Crippen LogP contribution >= 0.6 is 0 Å². The summed E-state index contributed by atoms with van der Waals surface area (Å²) in [6, 6.07) is 8.02. The Kier molecular flexibility index (Phi) is 9.29. The molecule has 1 atom stereocenters. The van der Waals surface area contributed by atoms with E-state index in [1.165, 1.54) is 0 Å². The van der Waals surface area contributed by atoms with Gasteiger partial charge in [0.2, 0.25) is 0 Å². The highest BCUT2D eigenvalue weighted by Crippen LogP contribution is 2.15. The molecular weight excluding hydrogens is 306 g/mol. The average molecular weight is 339 g/mol. The summed E-state index contributed by atoms with van der Waals surface area (Å²) in [4.78, 5) is 2.23. The second-order valence-corrected chi connectivity index (χ2v) is 7.01. The van der Waals surface area contributed by atoms with Gasteiger partial charge in [0.05, 0.1) is 25.4 Å².